The zero-order valence-corrected chi connectivity index (χ0v) is 19.5. The van der Waals surface area contributed by atoms with Crippen molar-refractivity contribution in [3.8, 4) is 0 Å². The van der Waals surface area contributed by atoms with Crippen LogP contribution in [0.25, 0.3) is 0 Å². The van der Waals surface area contributed by atoms with Crippen molar-refractivity contribution >= 4 is 27.5 Å². The number of Topliss-reactive ketones (excluding diaryl/α,β-unsaturated/α-hetero) is 1. The second kappa shape index (κ2) is 7.99. The van der Waals surface area contributed by atoms with Gasteiger partial charge in [-0.25, -0.2) is 8.42 Å². The van der Waals surface area contributed by atoms with Crippen LogP contribution in [-0.4, -0.2) is 47.9 Å². The molecule has 2 atom stereocenters. The average Bonchev–Trinajstić information content (AvgIpc) is 3.27. The molecule has 1 heterocycles. The van der Waals surface area contributed by atoms with Crippen molar-refractivity contribution in [3.05, 3.63) is 11.8 Å². The van der Waals surface area contributed by atoms with Gasteiger partial charge in [-0.2, -0.15) is 4.31 Å². The van der Waals surface area contributed by atoms with Crippen molar-refractivity contribution in [1.29, 1.82) is 0 Å². The van der Waals surface area contributed by atoms with Crippen LogP contribution in [0.5, 0.6) is 0 Å². The Bertz CT molecular complexity index is 964. The summed E-state index contributed by atoms with van der Waals surface area (Å²) in [6, 6.07) is 1.38. The first-order valence-corrected chi connectivity index (χ1v) is 12.9. The van der Waals surface area contributed by atoms with Crippen molar-refractivity contribution in [1.82, 2.24) is 9.46 Å². The highest BCUT2D eigenvalue weighted by Gasteiger charge is 2.65. The summed E-state index contributed by atoms with van der Waals surface area (Å²) in [6.45, 7) is 5.52. The first-order chi connectivity index (χ1) is 14.5. The van der Waals surface area contributed by atoms with Gasteiger partial charge in [-0.15, -0.1) is 0 Å². The van der Waals surface area contributed by atoms with Gasteiger partial charge in [0.05, 0.1) is 12.3 Å². The predicted molar refractivity (Wildman–Crippen MR) is 116 cm³/mol. The van der Waals surface area contributed by atoms with E-state index in [4.69, 9.17) is 4.52 Å². The summed E-state index contributed by atoms with van der Waals surface area (Å²) in [4.78, 5) is 25.7. The summed E-state index contributed by atoms with van der Waals surface area (Å²) in [6.07, 6.45) is 6.42. The lowest BCUT2D eigenvalue weighted by atomic mass is 9.70. The molecule has 0 saturated heterocycles. The number of hydrogen-bond acceptors (Lipinski definition) is 6. The van der Waals surface area contributed by atoms with Gasteiger partial charge in [0.15, 0.2) is 5.82 Å². The lowest BCUT2D eigenvalue weighted by molar-refractivity contribution is -0.128. The van der Waals surface area contributed by atoms with Gasteiger partial charge in [0.25, 0.3) is 0 Å². The third kappa shape index (κ3) is 3.95. The molecule has 31 heavy (non-hydrogen) atoms. The Kier molecular flexibility index (Phi) is 5.79. The van der Waals surface area contributed by atoms with Gasteiger partial charge >= 0.3 is 0 Å². The van der Waals surface area contributed by atoms with E-state index in [9.17, 15) is 18.0 Å². The largest absolute Gasteiger partial charge is 0.360 e. The van der Waals surface area contributed by atoms with E-state index in [1.165, 1.54) is 4.31 Å². The summed E-state index contributed by atoms with van der Waals surface area (Å²) in [5.74, 6) is 0.508. The molecule has 0 radical (unpaired) electrons. The molecule has 0 aromatic carbocycles. The molecule has 1 amide bonds. The molecule has 1 aromatic heterocycles. The molecule has 3 aliphatic carbocycles. The van der Waals surface area contributed by atoms with Crippen LogP contribution < -0.4 is 5.32 Å². The number of nitrogens with one attached hydrogen (secondary N) is 1. The van der Waals surface area contributed by atoms with E-state index < -0.39 is 21.3 Å². The Labute approximate surface area is 184 Å². The number of fused-ring (bicyclic) bond motifs is 2. The van der Waals surface area contributed by atoms with E-state index in [0.717, 1.165) is 38.5 Å². The maximum Gasteiger partial charge on any atom is 0.240 e. The second-order valence-corrected chi connectivity index (χ2v) is 12.1. The quantitative estimate of drug-likeness (QED) is 0.681. The minimum Gasteiger partial charge on any atom is -0.360 e. The zero-order chi connectivity index (χ0) is 22.4. The molecule has 3 fully saturated rings. The molecular formula is C22H33N3O5S. The number of ketones is 1. The van der Waals surface area contributed by atoms with Crippen LogP contribution in [-0.2, 0) is 19.6 Å². The number of sulfonamides is 1. The standard InChI is InChI=1S/C22H33N3O5S/c1-15-11-19(24-30-15)23-20(27)13-25(17-7-5-4-6-8-17)31(28,29)14-22-10-9-16(12-18(22)26)21(22,2)3/h11,16-17H,4-10,12-14H2,1-3H3,(H,23,24,27). The maximum absolute atomic E-state index is 13.8. The molecule has 0 aliphatic heterocycles. The molecule has 1 N–H and O–H groups in total. The number of rotatable bonds is 7. The number of amides is 1. The normalized spacial score (nSPS) is 28.4. The van der Waals surface area contributed by atoms with Crippen LogP contribution in [0.15, 0.2) is 10.6 Å². The van der Waals surface area contributed by atoms with E-state index in [-0.39, 0.29) is 41.3 Å². The van der Waals surface area contributed by atoms with Gasteiger partial charge in [-0.05, 0) is 43.9 Å². The average molecular weight is 452 g/mol. The monoisotopic (exact) mass is 451 g/mol. The molecule has 8 nitrogen and oxygen atoms in total. The summed E-state index contributed by atoms with van der Waals surface area (Å²) in [5.41, 5.74) is -1.18. The Morgan fingerprint density at radius 2 is 1.97 bits per heavy atom. The Hall–Kier alpha value is -1.74. The molecule has 4 rings (SSSR count). The molecule has 9 heteroatoms. The van der Waals surface area contributed by atoms with Crippen LogP contribution in [0.2, 0.25) is 0 Å². The van der Waals surface area contributed by atoms with Crippen LogP contribution >= 0.6 is 0 Å². The highest BCUT2D eigenvalue weighted by Crippen LogP contribution is 2.64. The minimum atomic E-state index is -3.83. The fraction of sp³-hybridized carbons (Fsp3) is 0.773. The zero-order valence-electron chi connectivity index (χ0n) is 18.6. The molecule has 2 bridgehead atoms. The molecule has 2 unspecified atom stereocenters. The van der Waals surface area contributed by atoms with Crippen LogP contribution in [0.3, 0.4) is 0 Å². The number of hydrogen-bond donors (Lipinski definition) is 1. The van der Waals surface area contributed by atoms with Crippen molar-refractivity contribution in [2.45, 2.75) is 78.2 Å². The Morgan fingerprint density at radius 1 is 1.26 bits per heavy atom. The summed E-state index contributed by atoms with van der Waals surface area (Å²) in [7, 11) is -3.83. The van der Waals surface area contributed by atoms with Crippen LogP contribution in [0.4, 0.5) is 5.82 Å². The SMILES string of the molecule is Cc1cc(NC(=O)CN(C2CCCCC2)S(=O)(=O)CC23CCC(CC2=O)C3(C)C)no1. The third-order valence-electron chi connectivity index (χ3n) is 8.10. The van der Waals surface area contributed by atoms with E-state index >= 15 is 0 Å². The van der Waals surface area contributed by atoms with Gasteiger partial charge < -0.3 is 9.84 Å². The lowest BCUT2D eigenvalue weighted by Crippen LogP contribution is -2.51. The van der Waals surface area contributed by atoms with Crippen molar-refractivity contribution in [3.63, 3.8) is 0 Å². The third-order valence-corrected chi connectivity index (χ3v) is 10.1. The molecule has 172 valence electrons. The number of carbonyl (C=O) groups excluding carboxylic acids is 2. The fourth-order valence-electron chi connectivity index (χ4n) is 6.08. The molecule has 1 aromatic rings. The second-order valence-electron chi connectivity index (χ2n) is 10.1. The first-order valence-electron chi connectivity index (χ1n) is 11.3. The van der Waals surface area contributed by atoms with Gasteiger partial charge in [0, 0.05) is 23.9 Å². The highest BCUT2D eigenvalue weighted by atomic mass is 32.2. The topological polar surface area (TPSA) is 110 Å². The predicted octanol–water partition coefficient (Wildman–Crippen LogP) is 3.28. The Balaban J connectivity index is 1.58. The number of aryl methyl sites for hydroxylation is 1. The molecular weight excluding hydrogens is 418 g/mol. The molecule has 3 saturated carbocycles. The van der Waals surface area contributed by atoms with Crippen LogP contribution in [0.1, 0.15) is 71.0 Å². The summed E-state index contributed by atoms with van der Waals surface area (Å²) >= 11 is 0. The smallest absolute Gasteiger partial charge is 0.240 e. The first kappa shape index (κ1) is 22.5. The van der Waals surface area contributed by atoms with E-state index in [0.29, 0.717) is 18.6 Å². The van der Waals surface area contributed by atoms with E-state index in [2.05, 4.69) is 10.5 Å². The number of aromatic nitrogens is 1. The summed E-state index contributed by atoms with van der Waals surface area (Å²) in [5, 5.41) is 6.40. The van der Waals surface area contributed by atoms with Crippen molar-refractivity contribution in [2.24, 2.45) is 16.7 Å². The van der Waals surface area contributed by atoms with Gasteiger partial charge in [0.2, 0.25) is 15.9 Å². The summed E-state index contributed by atoms with van der Waals surface area (Å²) < 4.78 is 33.9. The van der Waals surface area contributed by atoms with E-state index in [1.54, 1.807) is 13.0 Å². The molecule has 3 aliphatic rings. The van der Waals surface area contributed by atoms with Gasteiger partial charge in [-0.1, -0.05) is 38.3 Å². The van der Waals surface area contributed by atoms with Gasteiger partial charge in [-0.3, -0.25) is 9.59 Å². The number of nitrogens with zero attached hydrogens (tertiary/aromatic N) is 2. The van der Waals surface area contributed by atoms with Crippen molar-refractivity contribution in [2.75, 3.05) is 17.6 Å². The molecule has 0 spiro atoms. The van der Waals surface area contributed by atoms with E-state index in [1.807, 2.05) is 13.8 Å². The maximum atomic E-state index is 13.8. The van der Waals surface area contributed by atoms with Crippen molar-refractivity contribution < 1.29 is 22.5 Å². The van der Waals surface area contributed by atoms with Crippen LogP contribution in [0, 0.1) is 23.7 Å². The lowest BCUT2D eigenvalue weighted by Gasteiger charge is -2.39. The Morgan fingerprint density at radius 3 is 2.52 bits per heavy atom. The minimum absolute atomic E-state index is 0.0726. The number of carbonyl (C=O) groups is 2. The van der Waals surface area contributed by atoms with Gasteiger partial charge in [0.1, 0.15) is 11.5 Å². The fourth-order valence-corrected chi connectivity index (χ4v) is 8.52. The highest BCUT2D eigenvalue weighted by molar-refractivity contribution is 7.89. The number of anilines is 1.